The van der Waals surface area contributed by atoms with Crippen LogP contribution in [-0.2, 0) is 10.9 Å². The van der Waals surface area contributed by atoms with Crippen molar-refractivity contribution < 1.29 is 22.7 Å². The molecule has 39 heavy (non-hydrogen) atoms. The highest BCUT2D eigenvalue weighted by molar-refractivity contribution is 5.92. The lowest BCUT2D eigenvalue weighted by Crippen LogP contribution is -2.46. The molecule has 2 aromatic heterocycles. The number of benzene rings is 1. The molecule has 210 valence electrons. The number of aryl methyl sites for hydroxylation is 1. The molecule has 0 radical (unpaired) electrons. The predicted molar refractivity (Wildman–Crippen MR) is 145 cm³/mol. The Morgan fingerprint density at radius 2 is 1.82 bits per heavy atom. The first-order valence-corrected chi connectivity index (χ1v) is 13.0. The number of ether oxygens (including phenoxy) is 1. The summed E-state index contributed by atoms with van der Waals surface area (Å²) in [5.74, 6) is 0.454. The Labute approximate surface area is 226 Å². The number of nitrogens with one attached hydrogen (secondary N) is 2. The quantitative estimate of drug-likeness (QED) is 0.388. The number of amides is 1. The molecular formula is C28H35F3N6O2. The van der Waals surface area contributed by atoms with E-state index in [-0.39, 0.29) is 11.6 Å². The van der Waals surface area contributed by atoms with Gasteiger partial charge in [-0.2, -0.15) is 18.3 Å². The van der Waals surface area contributed by atoms with E-state index in [0.717, 1.165) is 30.0 Å². The maximum atomic E-state index is 13.5. The minimum absolute atomic E-state index is 0.0198. The number of alkyl carbamates (subject to hydrolysis) is 1. The molecule has 1 atom stereocenters. The van der Waals surface area contributed by atoms with Crippen LogP contribution in [-0.4, -0.2) is 46.0 Å². The topological polar surface area (TPSA) is 92.3 Å². The average Bonchev–Trinajstić information content (AvgIpc) is 2.84. The number of rotatable bonds is 5. The van der Waals surface area contributed by atoms with Gasteiger partial charge in [0.15, 0.2) is 5.82 Å². The van der Waals surface area contributed by atoms with Crippen LogP contribution in [0.5, 0.6) is 0 Å². The molecule has 3 aromatic rings. The van der Waals surface area contributed by atoms with Gasteiger partial charge in [0.25, 0.3) is 0 Å². The summed E-state index contributed by atoms with van der Waals surface area (Å²) in [5, 5.41) is 15.5. The monoisotopic (exact) mass is 544 g/mol. The number of anilines is 2. The van der Waals surface area contributed by atoms with Gasteiger partial charge < -0.3 is 20.3 Å². The molecule has 0 saturated carbocycles. The highest BCUT2D eigenvalue weighted by Gasteiger charge is 2.33. The van der Waals surface area contributed by atoms with Crippen LogP contribution < -0.4 is 15.5 Å². The number of hydrogen-bond acceptors (Lipinski definition) is 7. The van der Waals surface area contributed by atoms with Gasteiger partial charge in [-0.25, -0.2) is 4.79 Å². The number of halogens is 3. The number of alkyl halides is 3. The van der Waals surface area contributed by atoms with Crippen molar-refractivity contribution in [3.63, 3.8) is 0 Å². The van der Waals surface area contributed by atoms with Crippen molar-refractivity contribution in [2.24, 2.45) is 0 Å². The van der Waals surface area contributed by atoms with Gasteiger partial charge in [0.2, 0.25) is 0 Å². The van der Waals surface area contributed by atoms with Crippen LogP contribution in [0.25, 0.3) is 10.9 Å². The number of aromatic nitrogens is 3. The molecule has 8 nitrogen and oxygen atoms in total. The lowest BCUT2D eigenvalue weighted by molar-refractivity contribution is -0.138. The van der Waals surface area contributed by atoms with Crippen LogP contribution >= 0.6 is 0 Å². The van der Waals surface area contributed by atoms with Gasteiger partial charge in [0.1, 0.15) is 5.60 Å². The zero-order chi connectivity index (χ0) is 28.5. The molecule has 1 aromatic carbocycles. The molecule has 1 saturated heterocycles. The zero-order valence-electron chi connectivity index (χ0n) is 23.1. The molecule has 4 rings (SSSR count). The molecule has 0 bridgehead atoms. The normalized spacial score (nSPS) is 15.8. The van der Waals surface area contributed by atoms with Gasteiger partial charge in [-0.3, -0.25) is 4.98 Å². The largest absolute Gasteiger partial charge is 0.444 e. The van der Waals surface area contributed by atoms with Crippen LogP contribution in [0.15, 0.2) is 30.5 Å². The molecule has 11 heteroatoms. The number of carbonyl (C=O) groups is 1. The third kappa shape index (κ3) is 6.69. The van der Waals surface area contributed by atoms with Crippen LogP contribution in [0.4, 0.5) is 29.5 Å². The summed E-state index contributed by atoms with van der Waals surface area (Å²) in [4.78, 5) is 19.0. The number of pyridine rings is 1. The Morgan fingerprint density at radius 1 is 1.13 bits per heavy atom. The molecule has 1 aliphatic rings. The fraction of sp³-hybridized carbons (Fsp3) is 0.500. The van der Waals surface area contributed by atoms with E-state index in [2.05, 4.69) is 30.7 Å². The van der Waals surface area contributed by atoms with E-state index < -0.39 is 29.5 Å². The van der Waals surface area contributed by atoms with Crippen molar-refractivity contribution in [3.8, 4) is 0 Å². The number of piperidine rings is 1. The Bertz CT molecular complexity index is 1350. The fourth-order valence-corrected chi connectivity index (χ4v) is 4.90. The van der Waals surface area contributed by atoms with E-state index in [0.29, 0.717) is 35.7 Å². The van der Waals surface area contributed by atoms with Crippen LogP contribution in [0.2, 0.25) is 0 Å². The molecule has 1 amide bonds. The van der Waals surface area contributed by atoms with Crippen molar-refractivity contribution in [2.45, 2.75) is 78.2 Å². The van der Waals surface area contributed by atoms with E-state index in [1.165, 1.54) is 13.0 Å². The van der Waals surface area contributed by atoms with Crippen molar-refractivity contribution in [1.82, 2.24) is 20.5 Å². The Hall–Kier alpha value is -3.63. The average molecular weight is 545 g/mol. The van der Waals surface area contributed by atoms with Gasteiger partial charge in [-0.1, -0.05) is 12.1 Å². The summed E-state index contributed by atoms with van der Waals surface area (Å²) >= 11 is 0. The summed E-state index contributed by atoms with van der Waals surface area (Å²) in [6.07, 6.45) is -1.54. The van der Waals surface area contributed by atoms with Crippen LogP contribution in [0.1, 0.15) is 69.0 Å². The summed E-state index contributed by atoms with van der Waals surface area (Å²) in [6.45, 7) is 12.0. The van der Waals surface area contributed by atoms with Crippen molar-refractivity contribution in [2.75, 3.05) is 23.3 Å². The summed E-state index contributed by atoms with van der Waals surface area (Å²) < 4.78 is 45.8. The van der Waals surface area contributed by atoms with E-state index in [1.54, 1.807) is 19.2 Å². The van der Waals surface area contributed by atoms with Crippen molar-refractivity contribution >= 4 is 28.5 Å². The molecule has 3 heterocycles. The molecule has 2 N–H and O–H groups in total. The SMILES string of the molecule is Cc1c([C@@H](C)Nc2nnc(C)c3ncc(N4CCC(NC(=O)OC(C)(C)C)CC4)cc23)cccc1C(F)(F)F. The second-order valence-electron chi connectivity index (χ2n) is 11.0. The first kappa shape index (κ1) is 28.4. The number of nitrogens with zero attached hydrogens (tertiary/aromatic N) is 4. The van der Waals surface area contributed by atoms with Gasteiger partial charge in [0, 0.05) is 24.5 Å². The second-order valence-corrected chi connectivity index (χ2v) is 11.0. The van der Waals surface area contributed by atoms with Gasteiger partial charge in [-0.15, -0.1) is 5.10 Å². The minimum Gasteiger partial charge on any atom is -0.444 e. The summed E-state index contributed by atoms with van der Waals surface area (Å²) in [5.41, 5.74) is 1.74. The van der Waals surface area contributed by atoms with Crippen molar-refractivity contribution in [3.05, 3.63) is 52.8 Å². The summed E-state index contributed by atoms with van der Waals surface area (Å²) in [6, 6.07) is 5.75. The van der Waals surface area contributed by atoms with Gasteiger partial charge in [0.05, 0.1) is 34.7 Å². The third-order valence-corrected chi connectivity index (χ3v) is 6.85. The van der Waals surface area contributed by atoms with E-state index in [4.69, 9.17) is 4.74 Å². The fourth-order valence-electron chi connectivity index (χ4n) is 4.90. The highest BCUT2D eigenvalue weighted by Crippen LogP contribution is 2.36. The molecule has 0 spiro atoms. The maximum Gasteiger partial charge on any atom is 0.416 e. The van der Waals surface area contributed by atoms with E-state index in [9.17, 15) is 18.0 Å². The second kappa shape index (κ2) is 10.9. The first-order chi connectivity index (χ1) is 18.2. The van der Waals surface area contributed by atoms with E-state index >= 15 is 0 Å². The number of hydrogen-bond donors (Lipinski definition) is 2. The lowest BCUT2D eigenvalue weighted by atomic mass is 9.97. The number of carbonyl (C=O) groups excluding carboxylic acids is 1. The molecule has 0 aliphatic carbocycles. The smallest absolute Gasteiger partial charge is 0.416 e. The standard InChI is InChI=1S/C28H35F3N6O2/c1-16-21(8-7-9-23(16)28(29,30)31)17(2)33-25-22-14-20(15-32-24(22)18(3)35-36-25)37-12-10-19(11-13-37)34-26(38)39-27(4,5)6/h7-9,14-15,17,19H,10-13H2,1-6H3,(H,33,36)(H,34,38)/t17-/m1/s1. The first-order valence-electron chi connectivity index (χ1n) is 13.0. The van der Waals surface area contributed by atoms with E-state index in [1.807, 2.05) is 33.8 Å². The molecule has 1 aliphatic heterocycles. The molecule has 1 fully saturated rings. The highest BCUT2D eigenvalue weighted by atomic mass is 19.4. The summed E-state index contributed by atoms with van der Waals surface area (Å²) in [7, 11) is 0. The maximum absolute atomic E-state index is 13.5. The predicted octanol–water partition coefficient (Wildman–Crippen LogP) is 6.33. The number of fused-ring (bicyclic) bond motifs is 1. The Morgan fingerprint density at radius 3 is 2.46 bits per heavy atom. The molecule has 0 unspecified atom stereocenters. The van der Waals surface area contributed by atoms with Gasteiger partial charge >= 0.3 is 12.3 Å². The zero-order valence-corrected chi connectivity index (χ0v) is 23.1. The van der Waals surface area contributed by atoms with Gasteiger partial charge in [-0.05, 0) is 77.6 Å². The lowest BCUT2D eigenvalue weighted by Gasteiger charge is -2.34. The van der Waals surface area contributed by atoms with Crippen molar-refractivity contribution in [1.29, 1.82) is 0 Å². The van der Waals surface area contributed by atoms with Crippen LogP contribution in [0.3, 0.4) is 0 Å². The Kier molecular flexibility index (Phi) is 7.90. The van der Waals surface area contributed by atoms with Crippen LogP contribution in [0, 0.1) is 13.8 Å². The third-order valence-electron chi connectivity index (χ3n) is 6.85. The molecular weight excluding hydrogens is 509 g/mol. The Balaban J connectivity index is 1.53. The minimum atomic E-state index is -4.43.